The second-order valence-corrected chi connectivity index (χ2v) is 2.54. The summed E-state index contributed by atoms with van der Waals surface area (Å²) in [4.78, 5) is 18.2. The van der Waals surface area contributed by atoms with Gasteiger partial charge in [-0.2, -0.15) is 4.98 Å². The van der Waals surface area contributed by atoms with E-state index in [-0.39, 0.29) is 11.6 Å². The topological polar surface area (TPSA) is 72.3 Å². The van der Waals surface area contributed by atoms with Gasteiger partial charge in [-0.3, -0.25) is 0 Å². The van der Waals surface area contributed by atoms with Crippen LogP contribution in [0, 0.1) is 6.92 Å². The number of carboxylic acids is 1. The van der Waals surface area contributed by atoms with Crippen LogP contribution < -0.4 is 4.74 Å². The number of aromatic nitrogens is 2. The van der Waals surface area contributed by atoms with Crippen LogP contribution in [0.3, 0.4) is 0 Å². The van der Waals surface area contributed by atoms with Gasteiger partial charge >= 0.3 is 12.0 Å². The zero-order chi connectivity index (χ0) is 10.6. The summed E-state index contributed by atoms with van der Waals surface area (Å²) in [5.41, 5.74) is 0.463. The quantitative estimate of drug-likeness (QED) is 0.736. The third-order valence-electron chi connectivity index (χ3n) is 1.50. The van der Waals surface area contributed by atoms with Crippen LogP contribution in [0.25, 0.3) is 0 Å². The molecule has 0 atom stereocenters. The fraction of sp³-hybridized carbons (Fsp3) is 0.222. The second kappa shape index (κ2) is 4.36. The largest absolute Gasteiger partial charge is 0.478 e. The van der Waals surface area contributed by atoms with E-state index in [0.717, 1.165) is 0 Å². The van der Waals surface area contributed by atoms with Crippen molar-refractivity contribution in [2.75, 3.05) is 0 Å². The Kier molecular flexibility index (Phi) is 3.17. The number of hydrogen-bond donors (Lipinski definition) is 1. The van der Waals surface area contributed by atoms with Crippen molar-refractivity contribution in [3.05, 3.63) is 29.8 Å². The predicted octanol–water partition coefficient (Wildman–Crippen LogP) is 1.40. The molecule has 0 saturated heterocycles. The molecule has 0 fully saturated rings. The van der Waals surface area contributed by atoms with Crippen molar-refractivity contribution in [1.82, 2.24) is 9.97 Å². The molecule has 0 amide bonds. The molecule has 0 aliphatic heterocycles. The third-order valence-corrected chi connectivity index (χ3v) is 1.50. The van der Waals surface area contributed by atoms with Gasteiger partial charge in [0.15, 0.2) is 0 Å². The van der Waals surface area contributed by atoms with Crippen molar-refractivity contribution in [1.29, 1.82) is 0 Å². The summed E-state index contributed by atoms with van der Waals surface area (Å²) in [6.45, 7) is 3.38. The molecule has 0 aliphatic rings. The van der Waals surface area contributed by atoms with Crippen LogP contribution in [0.15, 0.2) is 18.5 Å². The molecular formula is C9H10N2O3. The van der Waals surface area contributed by atoms with Gasteiger partial charge in [-0.05, 0) is 13.8 Å². The lowest BCUT2D eigenvalue weighted by Crippen LogP contribution is -2.04. The first-order valence-corrected chi connectivity index (χ1v) is 4.00. The number of ether oxygens (including phenoxy) is 1. The average Bonchev–Trinajstić information content (AvgIpc) is 2.14. The molecule has 0 aliphatic carbocycles. The van der Waals surface area contributed by atoms with Crippen molar-refractivity contribution in [2.45, 2.75) is 13.8 Å². The number of carboxylic acid groups (broad SMARTS) is 1. The summed E-state index contributed by atoms with van der Waals surface area (Å²) in [6, 6.07) is 0.144. The Balaban J connectivity index is 2.94. The highest BCUT2D eigenvalue weighted by atomic mass is 16.5. The van der Waals surface area contributed by atoms with Crippen LogP contribution in [0.4, 0.5) is 0 Å². The molecule has 0 aromatic carbocycles. The lowest BCUT2D eigenvalue weighted by Gasteiger charge is -2.01. The summed E-state index contributed by atoms with van der Waals surface area (Å²) in [6.07, 6.45) is 4.34. The van der Waals surface area contributed by atoms with Crippen molar-refractivity contribution in [2.24, 2.45) is 0 Å². The first kappa shape index (κ1) is 10.2. The summed E-state index contributed by atoms with van der Waals surface area (Å²) >= 11 is 0. The molecule has 14 heavy (non-hydrogen) atoms. The predicted molar refractivity (Wildman–Crippen MR) is 49.2 cm³/mol. The number of nitrogens with zero attached hydrogens (tertiary/aromatic N) is 2. The molecule has 74 valence electrons. The monoisotopic (exact) mass is 194 g/mol. The summed E-state index contributed by atoms with van der Waals surface area (Å²) in [5, 5.41) is 8.70. The lowest BCUT2D eigenvalue weighted by molar-refractivity contribution is 0.0695. The Hall–Kier alpha value is -1.91. The Morgan fingerprint density at radius 3 is 2.86 bits per heavy atom. The smallest absolute Gasteiger partial charge is 0.339 e. The Morgan fingerprint density at radius 1 is 1.64 bits per heavy atom. The maximum absolute atomic E-state index is 10.6. The van der Waals surface area contributed by atoms with Gasteiger partial charge in [-0.15, -0.1) is 0 Å². The molecule has 5 nitrogen and oxygen atoms in total. The summed E-state index contributed by atoms with van der Waals surface area (Å²) < 4.78 is 4.98. The molecule has 0 bridgehead atoms. The van der Waals surface area contributed by atoms with Gasteiger partial charge < -0.3 is 9.84 Å². The molecular weight excluding hydrogens is 184 g/mol. The van der Waals surface area contributed by atoms with Gasteiger partial charge in [0.25, 0.3) is 0 Å². The SMILES string of the molecule is C/C=C\Oc1ncc(C(=O)O)c(C)n1. The van der Waals surface area contributed by atoms with Crippen LogP contribution >= 0.6 is 0 Å². The maximum Gasteiger partial charge on any atom is 0.339 e. The fourth-order valence-electron chi connectivity index (χ4n) is 0.841. The fourth-order valence-corrected chi connectivity index (χ4v) is 0.841. The second-order valence-electron chi connectivity index (χ2n) is 2.54. The van der Waals surface area contributed by atoms with Crippen LogP contribution in [-0.2, 0) is 0 Å². The molecule has 1 N–H and O–H groups in total. The minimum atomic E-state index is -1.04. The maximum atomic E-state index is 10.6. The van der Waals surface area contributed by atoms with Crippen LogP contribution in [-0.4, -0.2) is 21.0 Å². The minimum Gasteiger partial charge on any atom is -0.478 e. The minimum absolute atomic E-state index is 0.0813. The molecule has 0 unspecified atom stereocenters. The van der Waals surface area contributed by atoms with E-state index in [2.05, 4.69) is 9.97 Å². The Bertz CT molecular complexity index is 374. The Labute approximate surface area is 81.1 Å². The lowest BCUT2D eigenvalue weighted by atomic mass is 10.2. The highest BCUT2D eigenvalue weighted by molar-refractivity contribution is 5.88. The van der Waals surface area contributed by atoms with E-state index in [1.165, 1.54) is 12.5 Å². The molecule has 1 rings (SSSR count). The number of aromatic carboxylic acids is 1. The van der Waals surface area contributed by atoms with E-state index >= 15 is 0 Å². The molecule has 0 saturated carbocycles. The number of rotatable bonds is 3. The van der Waals surface area contributed by atoms with Gasteiger partial charge in [0.05, 0.1) is 17.5 Å². The van der Waals surface area contributed by atoms with Gasteiger partial charge in [0, 0.05) is 6.20 Å². The third kappa shape index (κ3) is 2.29. The van der Waals surface area contributed by atoms with Gasteiger partial charge in [0.1, 0.15) is 0 Å². The van der Waals surface area contributed by atoms with Crippen molar-refractivity contribution >= 4 is 5.97 Å². The van der Waals surface area contributed by atoms with Crippen LogP contribution in [0.1, 0.15) is 23.0 Å². The van der Waals surface area contributed by atoms with E-state index in [4.69, 9.17) is 9.84 Å². The number of allylic oxidation sites excluding steroid dienone is 1. The number of carbonyl (C=O) groups is 1. The zero-order valence-corrected chi connectivity index (χ0v) is 7.89. The first-order valence-electron chi connectivity index (χ1n) is 4.00. The van der Waals surface area contributed by atoms with Crippen LogP contribution in [0.2, 0.25) is 0 Å². The summed E-state index contributed by atoms with van der Waals surface area (Å²) in [7, 11) is 0. The van der Waals surface area contributed by atoms with E-state index in [9.17, 15) is 4.79 Å². The molecule has 0 spiro atoms. The average molecular weight is 194 g/mol. The highest BCUT2D eigenvalue weighted by Crippen LogP contribution is 2.08. The van der Waals surface area contributed by atoms with E-state index in [1.54, 1.807) is 19.9 Å². The van der Waals surface area contributed by atoms with E-state index < -0.39 is 5.97 Å². The molecule has 1 aromatic heterocycles. The zero-order valence-electron chi connectivity index (χ0n) is 7.89. The Morgan fingerprint density at radius 2 is 2.36 bits per heavy atom. The van der Waals surface area contributed by atoms with E-state index in [0.29, 0.717) is 5.69 Å². The standard InChI is InChI=1S/C9H10N2O3/c1-3-4-14-9-10-5-7(8(12)13)6(2)11-9/h3-5H,1-2H3,(H,12,13)/b4-3-. The van der Waals surface area contributed by atoms with E-state index in [1.807, 2.05) is 0 Å². The van der Waals surface area contributed by atoms with Gasteiger partial charge in [-0.25, -0.2) is 9.78 Å². The van der Waals surface area contributed by atoms with Crippen LogP contribution in [0.5, 0.6) is 6.01 Å². The van der Waals surface area contributed by atoms with Gasteiger partial charge in [0.2, 0.25) is 0 Å². The molecule has 0 radical (unpaired) electrons. The van der Waals surface area contributed by atoms with Crippen molar-refractivity contribution < 1.29 is 14.6 Å². The highest BCUT2D eigenvalue weighted by Gasteiger charge is 2.09. The molecule has 1 aromatic rings. The normalized spacial score (nSPS) is 10.4. The molecule has 1 heterocycles. The summed E-state index contributed by atoms with van der Waals surface area (Å²) in [5.74, 6) is -1.04. The number of hydrogen-bond acceptors (Lipinski definition) is 4. The number of aryl methyl sites for hydroxylation is 1. The van der Waals surface area contributed by atoms with Gasteiger partial charge in [-0.1, -0.05) is 6.08 Å². The van der Waals surface area contributed by atoms with Crippen molar-refractivity contribution in [3.8, 4) is 6.01 Å². The van der Waals surface area contributed by atoms with Crippen molar-refractivity contribution in [3.63, 3.8) is 0 Å². The molecule has 5 heteroatoms. The first-order chi connectivity index (χ1) is 6.65.